The van der Waals surface area contributed by atoms with Crippen molar-refractivity contribution in [3.05, 3.63) is 24.3 Å². The number of carbonyl (C=O) groups excluding carboxylic acids is 1. The van der Waals surface area contributed by atoms with Gasteiger partial charge in [-0.25, -0.2) is 0 Å². The number of halogens is 4. The Balaban J connectivity index is 0.00000242. The Hall–Kier alpha value is -1.47. The maximum atomic E-state index is 12.0. The molecule has 1 heterocycles. The summed E-state index contributed by atoms with van der Waals surface area (Å²) in [6, 6.07) is 5.11. The molecule has 2 rings (SSSR count). The van der Waals surface area contributed by atoms with Crippen LogP contribution in [0.25, 0.3) is 0 Å². The van der Waals surface area contributed by atoms with Gasteiger partial charge >= 0.3 is 6.36 Å². The van der Waals surface area contributed by atoms with E-state index < -0.39 is 6.36 Å². The summed E-state index contributed by atoms with van der Waals surface area (Å²) in [7, 11) is 0. The maximum Gasteiger partial charge on any atom is 0.573 e. The van der Waals surface area contributed by atoms with E-state index in [2.05, 4.69) is 15.4 Å². The number of carbonyl (C=O) groups is 1. The fourth-order valence-corrected chi connectivity index (χ4v) is 2.26. The summed E-state index contributed by atoms with van der Waals surface area (Å²) in [5, 5.41) is 5.89. The van der Waals surface area contributed by atoms with Crippen LogP contribution in [0.4, 0.5) is 18.9 Å². The summed E-state index contributed by atoms with van der Waals surface area (Å²) < 4.78 is 39.8. The van der Waals surface area contributed by atoms with Crippen molar-refractivity contribution >= 4 is 24.0 Å². The molecule has 1 aliphatic rings. The highest BCUT2D eigenvalue weighted by Gasteiger charge is 2.30. The van der Waals surface area contributed by atoms with Gasteiger partial charge in [0.05, 0.1) is 0 Å². The molecule has 0 bridgehead atoms. The van der Waals surface area contributed by atoms with Gasteiger partial charge in [0, 0.05) is 12.1 Å². The molecule has 1 saturated heterocycles. The first-order valence-corrected chi connectivity index (χ1v) is 6.79. The molecule has 0 aromatic heterocycles. The standard InChI is InChI=1S/C14H17F3N2O2.ClH/c15-14(16,17)21-12-4-2-11(3-5-12)19-13(20)6-1-10-7-8-18-9-10;/h2-5,10,18H,1,6-9H2,(H,19,20);1H. The monoisotopic (exact) mass is 338 g/mol. The molecule has 1 aromatic rings. The number of nitrogens with one attached hydrogen (secondary N) is 2. The molecule has 1 fully saturated rings. The molecular formula is C14H18ClF3N2O2. The molecule has 0 spiro atoms. The minimum absolute atomic E-state index is 0. The van der Waals surface area contributed by atoms with Crippen molar-refractivity contribution in [1.82, 2.24) is 5.32 Å². The Morgan fingerprint density at radius 3 is 2.55 bits per heavy atom. The van der Waals surface area contributed by atoms with E-state index in [1.54, 1.807) is 0 Å². The number of benzene rings is 1. The van der Waals surface area contributed by atoms with E-state index in [0.717, 1.165) is 25.9 Å². The number of rotatable bonds is 5. The number of anilines is 1. The SMILES string of the molecule is Cl.O=C(CCC1CCNC1)Nc1ccc(OC(F)(F)F)cc1. The van der Waals surface area contributed by atoms with Crippen LogP contribution in [0.15, 0.2) is 24.3 Å². The molecule has 8 heteroatoms. The summed E-state index contributed by atoms with van der Waals surface area (Å²) in [5.41, 5.74) is 0.457. The summed E-state index contributed by atoms with van der Waals surface area (Å²) in [5.74, 6) is 0.0854. The van der Waals surface area contributed by atoms with Crippen molar-refractivity contribution in [2.75, 3.05) is 18.4 Å². The first kappa shape index (κ1) is 18.6. The number of alkyl halides is 3. The Labute approximate surface area is 132 Å². The smallest absolute Gasteiger partial charge is 0.406 e. The van der Waals surface area contributed by atoms with Crippen molar-refractivity contribution in [2.45, 2.75) is 25.6 Å². The van der Waals surface area contributed by atoms with Gasteiger partial charge in [-0.05, 0) is 56.1 Å². The summed E-state index contributed by atoms with van der Waals surface area (Å²) in [6.07, 6.45) is -2.40. The van der Waals surface area contributed by atoms with Gasteiger partial charge in [-0.2, -0.15) is 0 Å². The maximum absolute atomic E-state index is 12.0. The Morgan fingerprint density at radius 2 is 2.00 bits per heavy atom. The van der Waals surface area contributed by atoms with Gasteiger partial charge in [0.2, 0.25) is 5.91 Å². The lowest BCUT2D eigenvalue weighted by molar-refractivity contribution is -0.274. The van der Waals surface area contributed by atoms with Crippen LogP contribution in [0.5, 0.6) is 5.75 Å². The van der Waals surface area contributed by atoms with E-state index in [9.17, 15) is 18.0 Å². The van der Waals surface area contributed by atoms with Crippen molar-refractivity contribution in [2.24, 2.45) is 5.92 Å². The summed E-state index contributed by atoms with van der Waals surface area (Å²) in [6.45, 7) is 1.93. The molecule has 1 atom stereocenters. The topological polar surface area (TPSA) is 50.4 Å². The highest BCUT2D eigenvalue weighted by atomic mass is 35.5. The van der Waals surface area contributed by atoms with Crippen LogP contribution < -0.4 is 15.4 Å². The predicted molar refractivity (Wildman–Crippen MR) is 79.2 cm³/mol. The zero-order valence-electron chi connectivity index (χ0n) is 11.8. The Bertz CT molecular complexity index is 474. The van der Waals surface area contributed by atoms with E-state index >= 15 is 0 Å². The minimum Gasteiger partial charge on any atom is -0.406 e. The van der Waals surface area contributed by atoms with Gasteiger partial charge < -0.3 is 15.4 Å². The fraction of sp³-hybridized carbons (Fsp3) is 0.500. The first-order chi connectivity index (χ1) is 9.92. The lowest BCUT2D eigenvalue weighted by Gasteiger charge is -2.11. The second kappa shape index (κ2) is 8.24. The predicted octanol–water partition coefficient (Wildman–Crippen LogP) is 3.34. The molecule has 0 saturated carbocycles. The second-order valence-corrected chi connectivity index (χ2v) is 5.02. The number of amides is 1. The quantitative estimate of drug-likeness (QED) is 0.865. The first-order valence-electron chi connectivity index (χ1n) is 6.79. The zero-order valence-corrected chi connectivity index (χ0v) is 12.6. The van der Waals surface area contributed by atoms with E-state index in [0.29, 0.717) is 18.0 Å². The molecule has 1 aliphatic heterocycles. The van der Waals surface area contributed by atoms with Gasteiger partial charge in [0.15, 0.2) is 0 Å². The zero-order chi connectivity index (χ0) is 15.3. The number of ether oxygens (including phenoxy) is 1. The van der Waals surface area contributed by atoms with Crippen LogP contribution in [-0.2, 0) is 4.79 Å². The molecule has 2 N–H and O–H groups in total. The molecule has 0 radical (unpaired) electrons. The van der Waals surface area contributed by atoms with Crippen LogP contribution >= 0.6 is 12.4 Å². The van der Waals surface area contributed by atoms with Crippen molar-refractivity contribution < 1.29 is 22.7 Å². The van der Waals surface area contributed by atoms with Crippen LogP contribution in [0.3, 0.4) is 0 Å². The lowest BCUT2D eigenvalue weighted by Crippen LogP contribution is -2.17. The minimum atomic E-state index is -4.71. The Morgan fingerprint density at radius 1 is 1.32 bits per heavy atom. The van der Waals surface area contributed by atoms with Crippen molar-refractivity contribution in [3.63, 3.8) is 0 Å². The molecular weight excluding hydrogens is 321 g/mol. The molecule has 1 amide bonds. The lowest BCUT2D eigenvalue weighted by atomic mass is 10.0. The second-order valence-electron chi connectivity index (χ2n) is 5.02. The average Bonchev–Trinajstić information content (AvgIpc) is 2.90. The highest BCUT2D eigenvalue weighted by Crippen LogP contribution is 2.24. The van der Waals surface area contributed by atoms with Crippen molar-refractivity contribution in [3.8, 4) is 5.75 Å². The molecule has 4 nitrogen and oxygen atoms in total. The van der Waals surface area contributed by atoms with Gasteiger partial charge in [-0.15, -0.1) is 25.6 Å². The third-order valence-corrected chi connectivity index (χ3v) is 3.31. The van der Waals surface area contributed by atoms with Crippen LogP contribution in [0.2, 0.25) is 0 Å². The van der Waals surface area contributed by atoms with Crippen LogP contribution in [0.1, 0.15) is 19.3 Å². The third-order valence-electron chi connectivity index (χ3n) is 3.31. The highest BCUT2D eigenvalue weighted by molar-refractivity contribution is 5.90. The van der Waals surface area contributed by atoms with E-state index in [1.165, 1.54) is 24.3 Å². The van der Waals surface area contributed by atoms with E-state index in [4.69, 9.17) is 0 Å². The van der Waals surface area contributed by atoms with E-state index in [1.807, 2.05) is 0 Å². The summed E-state index contributed by atoms with van der Waals surface area (Å²) >= 11 is 0. The third kappa shape index (κ3) is 6.53. The summed E-state index contributed by atoms with van der Waals surface area (Å²) in [4.78, 5) is 11.7. The molecule has 22 heavy (non-hydrogen) atoms. The molecule has 1 unspecified atom stereocenters. The van der Waals surface area contributed by atoms with Gasteiger partial charge in [0.1, 0.15) is 5.75 Å². The Kier molecular flexibility index (Phi) is 6.96. The molecule has 0 aliphatic carbocycles. The van der Waals surface area contributed by atoms with Crippen molar-refractivity contribution in [1.29, 1.82) is 0 Å². The van der Waals surface area contributed by atoms with Crippen LogP contribution in [-0.4, -0.2) is 25.4 Å². The van der Waals surface area contributed by atoms with E-state index in [-0.39, 0.29) is 24.1 Å². The van der Waals surface area contributed by atoms with Gasteiger partial charge in [-0.1, -0.05) is 0 Å². The normalized spacial score (nSPS) is 17.7. The van der Waals surface area contributed by atoms with Gasteiger partial charge in [0.25, 0.3) is 0 Å². The molecule has 124 valence electrons. The average molecular weight is 339 g/mol. The number of hydrogen-bond acceptors (Lipinski definition) is 3. The van der Waals surface area contributed by atoms with Crippen LogP contribution in [0, 0.1) is 5.92 Å². The fourth-order valence-electron chi connectivity index (χ4n) is 2.26. The number of hydrogen-bond donors (Lipinski definition) is 2. The van der Waals surface area contributed by atoms with Gasteiger partial charge in [-0.3, -0.25) is 4.79 Å². The molecule has 1 aromatic carbocycles. The largest absolute Gasteiger partial charge is 0.573 e.